The summed E-state index contributed by atoms with van der Waals surface area (Å²) >= 11 is 3.77. The first kappa shape index (κ1) is 28.4. The highest BCUT2D eigenvalue weighted by molar-refractivity contribution is 8.01. The number of nitrogens with one attached hydrogen (secondary N) is 1. The third kappa shape index (κ3) is 5.60. The minimum atomic E-state index is -1.76. The molecule has 0 aliphatic carbocycles. The number of thiazole rings is 1. The fourth-order valence-electron chi connectivity index (χ4n) is 3.63. The van der Waals surface area contributed by atoms with Crippen molar-refractivity contribution in [1.82, 2.24) is 19.9 Å². The van der Waals surface area contributed by atoms with Crippen molar-refractivity contribution in [3.8, 4) is 0 Å². The zero-order valence-electron chi connectivity index (χ0n) is 21.2. The molecule has 1 saturated heterocycles. The molecule has 0 radical (unpaired) electrons. The Hall–Kier alpha value is -3.57. The van der Waals surface area contributed by atoms with E-state index in [2.05, 4.69) is 15.5 Å². The third-order valence-corrected chi connectivity index (χ3v) is 9.21. The van der Waals surface area contributed by atoms with Crippen LogP contribution in [0.4, 0.5) is 5.13 Å². The number of aliphatic carboxylic acids is 2. The van der Waals surface area contributed by atoms with Crippen molar-refractivity contribution in [2.24, 2.45) is 19.3 Å². The molecule has 208 valence electrons. The number of oxime groups is 1. The number of β-lactam (4-membered cyclic amide) rings is 1. The van der Waals surface area contributed by atoms with Crippen molar-refractivity contribution in [1.29, 1.82) is 0 Å². The molecule has 0 saturated carbocycles. The number of thioether (sulfide) groups is 2. The molecule has 14 nitrogen and oxygen atoms in total. The number of carboxylic acids is 2. The number of nitrogens with zero attached hydrogens (tertiary/aromatic N) is 5. The van der Waals surface area contributed by atoms with Crippen LogP contribution in [-0.4, -0.2) is 77.7 Å². The molecule has 17 heteroatoms. The molecular weight excluding hydrogens is 570 g/mol. The largest absolute Gasteiger partial charge is 0.543 e. The van der Waals surface area contributed by atoms with E-state index in [1.807, 2.05) is 35.7 Å². The summed E-state index contributed by atoms with van der Waals surface area (Å²) < 4.78 is 3.78. The van der Waals surface area contributed by atoms with Crippen LogP contribution in [0, 0.1) is 0 Å². The fraction of sp³-hybridized carbons (Fsp3) is 0.409. The van der Waals surface area contributed by atoms with Gasteiger partial charge in [0.1, 0.15) is 22.1 Å². The van der Waals surface area contributed by atoms with Gasteiger partial charge in [0.05, 0.1) is 18.7 Å². The van der Waals surface area contributed by atoms with Crippen LogP contribution in [0.5, 0.6) is 0 Å². The highest BCUT2D eigenvalue weighted by Gasteiger charge is 2.53. The lowest BCUT2D eigenvalue weighted by Gasteiger charge is -2.50. The predicted molar refractivity (Wildman–Crippen MR) is 140 cm³/mol. The van der Waals surface area contributed by atoms with E-state index < -0.39 is 40.8 Å². The number of hydrogen-bond donors (Lipinski definition) is 3. The zero-order valence-corrected chi connectivity index (χ0v) is 23.7. The minimum absolute atomic E-state index is 0.0276. The Morgan fingerprint density at radius 2 is 2.15 bits per heavy atom. The van der Waals surface area contributed by atoms with Crippen molar-refractivity contribution in [3.05, 3.63) is 34.6 Å². The number of nitrogen functional groups attached to an aromatic ring is 1. The number of carbonyl (C=O) groups is 4. The van der Waals surface area contributed by atoms with Gasteiger partial charge in [-0.1, -0.05) is 16.9 Å². The van der Waals surface area contributed by atoms with Gasteiger partial charge >= 0.3 is 5.97 Å². The molecule has 0 unspecified atom stereocenters. The number of hydrogen-bond acceptors (Lipinski definition) is 12. The first-order chi connectivity index (χ1) is 18.3. The minimum Gasteiger partial charge on any atom is -0.543 e. The molecule has 0 spiro atoms. The van der Waals surface area contributed by atoms with Crippen LogP contribution in [0.3, 0.4) is 0 Å². The maximum absolute atomic E-state index is 13.2. The van der Waals surface area contributed by atoms with Crippen molar-refractivity contribution in [2.75, 3.05) is 17.2 Å². The number of nitrogens with two attached hydrogens (primary N) is 1. The summed E-state index contributed by atoms with van der Waals surface area (Å²) in [5, 5.41) is 29.4. The molecule has 4 N–H and O–H groups in total. The summed E-state index contributed by atoms with van der Waals surface area (Å²) in [6, 6.07) is 0.839. The van der Waals surface area contributed by atoms with Crippen LogP contribution < -0.4 is 20.8 Å². The zero-order chi connectivity index (χ0) is 28.6. The van der Waals surface area contributed by atoms with E-state index in [4.69, 9.17) is 10.6 Å². The second-order valence-corrected chi connectivity index (χ2v) is 12.0. The summed E-state index contributed by atoms with van der Waals surface area (Å²) in [6.07, 6.45) is 1.87. The van der Waals surface area contributed by atoms with Gasteiger partial charge < -0.3 is 30.9 Å². The highest BCUT2D eigenvalue weighted by Crippen LogP contribution is 2.41. The molecule has 2 aliphatic rings. The van der Waals surface area contributed by atoms with E-state index in [-0.39, 0.29) is 22.2 Å². The van der Waals surface area contributed by atoms with Crippen molar-refractivity contribution < 1.29 is 38.9 Å². The first-order valence-electron chi connectivity index (χ1n) is 11.4. The second-order valence-electron chi connectivity index (χ2n) is 9.06. The van der Waals surface area contributed by atoms with Gasteiger partial charge in [0, 0.05) is 23.0 Å². The Morgan fingerprint density at radius 1 is 1.44 bits per heavy atom. The van der Waals surface area contributed by atoms with Crippen LogP contribution in [0.25, 0.3) is 0 Å². The molecule has 2 atom stereocenters. The topological polar surface area (TPSA) is 196 Å². The molecular formula is C22H25N7O7S3. The number of rotatable bonds is 10. The van der Waals surface area contributed by atoms with Gasteiger partial charge in [-0.3, -0.25) is 14.5 Å². The lowest BCUT2D eigenvalue weighted by Crippen LogP contribution is -2.71. The molecule has 2 aromatic rings. The van der Waals surface area contributed by atoms with Crippen molar-refractivity contribution in [3.63, 3.8) is 0 Å². The number of amides is 2. The molecule has 2 aliphatic heterocycles. The molecule has 4 heterocycles. The Balaban J connectivity index is 1.52. The number of aromatic nitrogens is 3. The molecule has 1 fully saturated rings. The number of anilines is 1. The molecule has 2 aromatic heterocycles. The molecule has 0 aromatic carbocycles. The van der Waals surface area contributed by atoms with Crippen LogP contribution >= 0.6 is 34.9 Å². The van der Waals surface area contributed by atoms with Crippen molar-refractivity contribution in [2.45, 2.75) is 35.9 Å². The van der Waals surface area contributed by atoms with Gasteiger partial charge in [0.25, 0.3) is 11.8 Å². The predicted octanol–water partition coefficient (Wildman–Crippen LogP) is -1.33. The summed E-state index contributed by atoms with van der Waals surface area (Å²) in [5.41, 5.74) is 3.90. The molecule has 4 rings (SSSR count). The Labute approximate surface area is 234 Å². The monoisotopic (exact) mass is 595 g/mol. The van der Waals surface area contributed by atoms with E-state index in [0.717, 1.165) is 21.3 Å². The van der Waals surface area contributed by atoms with Gasteiger partial charge in [0.15, 0.2) is 24.1 Å². The third-order valence-electron chi connectivity index (χ3n) is 6.01. The molecule has 2 amide bonds. The number of fused-ring (bicyclic) bond motifs is 1. The van der Waals surface area contributed by atoms with E-state index in [9.17, 15) is 29.4 Å². The molecule has 0 bridgehead atoms. The smallest absolute Gasteiger partial charge is 0.350 e. The quantitative estimate of drug-likeness (QED) is 0.0967. The van der Waals surface area contributed by atoms with Gasteiger partial charge in [-0.15, -0.1) is 27.8 Å². The Morgan fingerprint density at radius 3 is 2.72 bits per heavy atom. The number of aryl methyl sites for hydroxylation is 1. The average molecular weight is 596 g/mol. The summed E-state index contributed by atoms with van der Waals surface area (Å²) in [7, 11) is 3.75. The van der Waals surface area contributed by atoms with Gasteiger partial charge in [0.2, 0.25) is 5.60 Å². The molecule has 39 heavy (non-hydrogen) atoms. The standard InChI is InChI=1S/C22H25N7O7S3/c1-22(2,20(34)35)36-26-13(11-9-39-21(23)24-11)16(30)25-14-17(31)29-15(19(32)33)10(8-38-18(14)29)7-37-12-5-6-27(3)28(12)4/h5-6,9,14,18H,7-8H2,1-4H3,(H4-,23,24,25,30,32,33,34,35)/b26-13-/t14-,18-/m1/s1. The normalized spacial score (nSPS) is 19.4. The van der Waals surface area contributed by atoms with Crippen LogP contribution in [-0.2, 0) is 38.1 Å². The lowest BCUT2D eigenvalue weighted by atomic mass is 10.0. The summed E-state index contributed by atoms with van der Waals surface area (Å²) in [5.74, 6) is -3.64. The van der Waals surface area contributed by atoms with Gasteiger partial charge in [-0.2, -0.15) is 4.68 Å². The summed E-state index contributed by atoms with van der Waals surface area (Å²) in [4.78, 5) is 59.9. The van der Waals surface area contributed by atoms with Crippen molar-refractivity contribution >= 4 is 69.5 Å². The Bertz CT molecular complexity index is 1410. The average Bonchev–Trinajstić information content (AvgIpc) is 3.45. The van der Waals surface area contributed by atoms with Gasteiger partial charge in [-0.25, -0.2) is 9.78 Å². The maximum atomic E-state index is 13.2. The van der Waals surface area contributed by atoms with E-state index >= 15 is 0 Å². The number of carbonyl (C=O) groups excluding carboxylic acids is 3. The van der Waals surface area contributed by atoms with Crippen LogP contribution in [0.1, 0.15) is 19.5 Å². The van der Waals surface area contributed by atoms with Gasteiger partial charge in [-0.05, 0) is 19.4 Å². The Kier molecular flexibility index (Phi) is 7.94. The second kappa shape index (κ2) is 10.9. The van der Waals surface area contributed by atoms with E-state index in [0.29, 0.717) is 17.1 Å². The summed E-state index contributed by atoms with van der Waals surface area (Å²) in [6.45, 7) is 2.49. The SMILES string of the molecule is Cn1c(SCC2=C(C(=O)[O-])N3C(=O)[C@@H](NC(=O)/C(=N\OC(C)(C)C(=O)O)c4csc(N)n4)[C@H]3SC2)cc[n+]1C. The maximum Gasteiger partial charge on any atom is 0.350 e. The number of carboxylic acid groups (broad SMARTS) is 2. The van der Waals surface area contributed by atoms with E-state index in [1.165, 1.54) is 42.8 Å². The van der Waals surface area contributed by atoms with Crippen LogP contribution in [0.2, 0.25) is 0 Å². The first-order valence-corrected chi connectivity index (χ1v) is 14.3. The fourth-order valence-corrected chi connectivity index (χ4v) is 6.69. The van der Waals surface area contributed by atoms with Crippen LogP contribution in [0.15, 0.2) is 39.1 Å². The lowest BCUT2D eigenvalue weighted by molar-refractivity contribution is -0.754. The highest BCUT2D eigenvalue weighted by atomic mass is 32.2. The van der Waals surface area contributed by atoms with E-state index in [1.54, 1.807) is 0 Å².